The molecule has 0 unspecified atom stereocenters. The van der Waals surface area contributed by atoms with E-state index in [-0.39, 0.29) is 24.5 Å². The molecule has 2 N–H and O–H groups in total. The Bertz CT molecular complexity index is 498. The molecule has 23 heavy (non-hydrogen) atoms. The van der Waals surface area contributed by atoms with Crippen LogP contribution in [0.3, 0.4) is 0 Å². The molecule has 1 aliphatic heterocycles. The van der Waals surface area contributed by atoms with Gasteiger partial charge in [0.1, 0.15) is 5.82 Å². The van der Waals surface area contributed by atoms with Gasteiger partial charge in [-0.25, -0.2) is 9.18 Å². The van der Waals surface area contributed by atoms with Crippen LogP contribution in [0.1, 0.15) is 5.56 Å². The third-order valence-electron chi connectivity index (χ3n) is 3.83. The molecule has 0 spiro atoms. The van der Waals surface area contributed by atoms with E-state index in [1.165, 1.54) is 12.1 Å². The van der Waals surface area contributed by atoms with Gasteiger partial charge >= 0.3 is 6.03 Å². The lowest BCUT2D eigenvalue weighted by molar-refractivity contribution is -0.00763. The summed E-state index contributed by atoms with van der Waals surface area (Å²) in [6.45, 7) is 3.12. The Morgan fingerprint density at radius 3 is 2.91 bits per heavy atom. The summed E-state index contributed by atoms with van der Waals surface area (Å²) in [5.74, 6) is -0.243. The smallest absolute Gasteiger partial charge is 0.317 e. The first-order valence-corrected chi connectivity index (χ1v) is 7.76. The van der Waals surface area contributed by atoms with Gasteiger partial charge < -0.3 is 25.0 Å². The number of likely N-dealkylation sites (N-methyl/N-ethyl adjacent to an activating group) is 1. The number of nitrogens with zero attached hydrogens (tertiary/aromatic N) is 2. The summed E-state index contributed by atoms with van der Waals surface area (Å²) >= 11 is 0. The fraction of sp³-hybridized carbons (Fsp3) is 0.562. The zero-order valence-corrected chi connectivity index (χ0v) is 13.4. The molecule has 1 fully saturated rings. The van der Waals surface area contributed by atoms with Crippen LogP contribution in [-0.4, -0.2) is 73.5 Å². The van der Waals surface area contributed by atoms with Crippen LogP contribution in [0.4, 0.5) is 9.18 Å². The van der Waals surface area contributed by atoms with Crippen molar-refractivity contribution in [2.75, 3.05) is 46.5 Å². The van der Waals surface area contributed by atoms with E-state index >= 15 is 0 Å². The van der Waals surface area contributed by atoms with Crippen LogP contribution in [0.2, 0.25) is 0 Å². The zero-order valence-electron chi connectivity index (χ0n) is 13.4. The molecule has 1 heterocycles. The van der Waals surface area contributed by atoms with Crippen LogP contribution >= 0.6 is 0 Å². The topological polar surface area (TPSA) is 65.0 Å². The standard InChI is InChI=1S/C16H24FN3O3/c1-19(10-13-2-4-14(17)5-3-13)7-6-18-16(22)20-8-9-23-12-15(20)11-21/h2-5,15,21H,6-12H2,1H3,(H,18,22)/t15-/m0/s1. The highest BCUT2D eigenvalue weighted by molar-refractivity contribution is 5.74. The number of hydrogen-bond acceptors (Lipinski definition) is 4. The molecule has 1 saturated heterocycles. The number of halogens is 1. The van der Waals surface area contributed by atoms with Crippen molar-refractivity contribution in [1.82, 2.24) is 15.1 Å². The van der Waals surface area contributed by atoms with Crippen molar-refractivity contribution in [3.8, 4) is 0 Å². The van der Waals surface area contributed by atoms with Crippen LogP contribution in [-0.2, 0) is 11.3 Å². The van der Waals surface area contributed by atoms with Crippen molar-refractivity contribution < 1.29 is 19.0 Å². The number of rotatable bonds is 6. The average Bonchev–Trinajstić information content (AvgIpc) is 2.56. The number of urea groups is 1. The van der Waals surface area contributed by atoms with Crippen LogP contribution < -0.4 is 5.32 Å². The minimum atomic E-state index is -0.277. The van der Waals surface area contributed by atoms with Crippen LogP contribution in [0.25, 0.3) is 0 Å². The minimum Gasteiger partial charge on any atom is -0.394 e. The maximum atomic E-state index is 12.9. The van der Waals surface area contributed by atoms with E-state index in [4.69, 9.17) is 4.74 Å². The van der Waals surface area contributed by atoms with Gasteiger partial charge in [0, 0.05) is 26.2 Å². The number of ether oxygens (including phenoxy) is 1. The lowest BCUT2D eigenvalue weighted by atomic mass is 10.2. The Hall–Kier alpha value is -1.70. The van der Waals surface area contributed by atoms with Gasteiger partial charge in [-0.2, -0.15) is 0 Å². The van der Waals surface area contributed by atoms with Crippen LogP contribution in [0.15, 0.2) is 24.3 Å². The maximum absolute atomic E-state index is 12.9. The fourth-order valence-corrected chi connectivity index (χ4v) is 2.51. The quantitative estimate of drug-likeness (QED) is 0.806. The second kappa shape index (κ2) is 8.81. The molecule has 1 aromatic carbocycles. The molecular formula is C16H24FN3O3. The fourth-order valence-electron chi connectivity index (χ4n) is 2.51. The second-order valence-corrected chi connectivity index (χ2v) is 5.70. The number of aliphatic hydroxyl groups is 1. The molecule has 128 valence electrons. The van der Waals surface area contributed by atoms with E-state index in [1.807, 2.05) is 7.05 Å². The van der Waals surface area contributed by atoms with E-state index in [1.54, 1.807) is 17.0 Å². The van der Waals surface area contributed by atoms with E-state index in [0.717, 1.165) is 5.56 Å². The van der Waals surface area contributed by atoms with Crippen molar-refractivity contribution in [2.24, 2.45) is 0 Å². The lowest BCUT2D eigenvalue weighted by Gasteiger charge is -2.34. The highest BCUT2D eigenvalue weighted by Crippen LogP contribution is 2.07. The Kier molecular flexibility index (Phi) is 6.76. The number of morpholine rings is 1. The van der Waals surface area contributed by atoms with E-state index in [9.17, 15) is 14.3 Å². The first-order valence-electron chi connectivity index (χ1n) is 7.76. The van der Waals surface area contributed by atoms with Gasteiger partial charge in [-0.1, -0.05) is 12.1 Å². The summed E-state index contributed by atoms with van der Waals surface area (Å²) < 4.78 is 18.1. The van der Waals surface area contributed by atoms with Crippen molar-refractivity contribution in [3.05, 3.63) is 35.6 Å². The molecule has 7 heteroatoms. The van der Waals surface area contributed by atoms with Crippen molar-refractivity contribution >= 4 is 6.03 Å². The predicted octanol–water partition coefficient (Wildman–Crippen LogP) is 0.660. The molecule has 2 rings (SSSR count). The Morgan fingerprint density at radius 2 is 2.22 bits per heavy atom. The molecule has 2 amide bonds. The number of carbonyl (C=O) groups excluding carboxylic acids is 1. The third kappa shape index (κ3) is 5.46. The summed E-state index contributed by atoms with van der Waals surface area (Å²) in [6.07, 6.45) is 0. The third-order valence-corrected chi connectivity index (χ3v) is 3.83. The summed E-state index contributed by atoms with van der Waals surface area (Å²) in [6, 6.07) is 5.94. The van der Waals surface area contributed by atoms with Gasteiger partial charge in [-0.05, 0) is 24.7 Å². The number of aliphatic hydroxyl groups excluding tert-OH is 1. The van der Waals surface area contributed by atoms with E-state index < -0.39 is 0 Å². The molecule has 1 aromatic rings. The maximum Gasteiger partial charge on any atom is 0.317 e. The number of carbonyl (C=O) groups is 1. The van der Waals surface area contributed by atoms with Crippen LogP contribution in [0, 0.1) is 5.82 Å². The Labute approximate surface area is 135 Å². The van der Waals surface area contributed by atoms with E-state index in [0.29, 0.717) is 39.4 Å². The first kappa shape index (κ1) is 17.7. The van der Waals surface area contributed by atoms with Crippen molar-refractivity contribution in [3.63, 3.8) is 0 Å². The summed E-state index contributed by atoms with van der Waals surface area (Å²) in [5.41, 5.74) is 1.02. The Morgan fingerprint density at radius 1 is 1.48 bits per heavy atom. The molecule has 6 nitrogen and oxygen atoms in total. The molecule has 0 bridgehead atoms. The van der Waals surface area contributed by atoms with Crippen molar-refractivity contribution in [2.45, 2.75) is 12.6 Å². The zero-order chi connectivity index (χ0) is 16.7. The van der Waals surface area contributed by atoms with Gasteiger partial charge in [-0.3, -0.25) is 0 Å². The average molecular weight is 325 g/mol. The van der Waals surface area contributed by atoms with E-state index in [2.05, 4.69) is 10.2 Å². The predicted molar refractivity (Wildman–Crippen MR) is 84.5 cm³/mol. The Balaban J connectivity index is 1.71. The molecule has 1 aliphatic rings. The summed E-state index contributed by atoms with van der Waals surface area (Å²) in [7, 11) is 1.95. The lowest BCUT2D eigenvalue weighted by Crippen LogP contribution is -2.54. The summed E-state index contributed by atoms with van der Waals surface area (Å²) in [5, 5.41) is 12.1. The number of nitrogens with one attached hydrogen (secondary N) is 1. The van der Waals surface area contributed by atoms with Gasteiger partial charge in [0.2, 0.25) is 0 Å². The molecular weight excluding hydrogens is 301 g/mol. The van der Waals surface area contributed by atoms with Crippen molar-refractivity contribution in [1.29, 1.82) is 0 Å². The summed E-state index contributed by atoms with van der Waals surface area (Å²) in [4.78, 5) is 15.8. The van der Waals surface area contributed by atoms with Gasteiger partial charge in [0.25, 0.3) is 0 Å². The SMILES string of the molecule is CN(CCNC(=O)N1CCOC[C@@H]1CO)Cc1ccc(F)cc1. The van der Waals surface area contributed by atoms with Gasteiger partial charge in [0.15, 0.2) is 0 Å². The largest absolute Gasteiger partial charge is 0.394 e. The minimum absolute atomic E-state index is 0.0993. The van der Waals surface area contributed by atoms with Gasteiger partial charge in [0.05, 0.1) is 25.9 Å². The molecule has 1 atom stereocenters. The van der Waals surface area contributed by atoms with Crippen LogP contribution in [0.5, 0.6) is 0 Å². The normalized spacial score (nSPS) is 18.3. The first-order chi connectivity index (χ1) is 11.1. The molecule has 0 radical (unpaired) electrons. The van der Waals surface area contributed by atoms with Gasteiger partial charge in [-0.15, -0.1) is 0 Å². The molecule has 0 aromatic heterocycles. The molecule has 0 saturated carbocycles. The second-order valence-electron chi connectivity index (χ2n) is 5.70. The number of hydrogen-bond donors (Lipinski definition) is 2. The molecule has 0 aliphatic carbocycles. The highest BCUT2D eigenvalue weighted by Gasteiger charge is 2.26. The number of benzene rings is 1. The monoisotopic (exact) mass is 325 g/mol. The number of amides is 2. The highest BCUT2D eigenvalue weighted by atomic mass is 19.1.